The molecule has 1 amide bonds. The van der Waals surface area contributed by atoms with Gasteiger partial charge in [-0.05, 0) is 29.8 Å². The Kier molecular flexibility index (Phi) is 4.30. The van der Waals surface area contributed by atoms with E-state index in [1.54, 1.807) is 24.1 Å². The second kappa shape index (κ2) is 6.38. The first-order chi connectivity index (χ1) is 11.1. The van der Waals surface area contributed by atoms with Gasteiger partial charge in [-0.15, -0.1) is 0 Å². The lowest BCUT2D eigenvalue weighted by Crippen LogP contribution is -2.43. The highest BCUT2D eigenvalue weighted by atomic mass is 19.1. The predicted molar refractivity (Wildman–Crippen MR) is 88.5 cm³/mol. The zero-order valence-electron chi connectivity index (χ0n) is 13.3. The van der Waals surface area contributed by atoms with Crippen LogP contribution < -0.4 is 9.80 Å². The first kappa shape index (κ1) is 15.5. The lowest BCUT2D eigenvalue weighted by atomic mass is 10.1. The van der Waals surface area contributed by atoms with Crippen LogP contribution in [0.25, 0.3) is 0 Å². The summed E-state index contributed by atoms with van der Waals surface area (Å²) in [5.74, 6) is -0.386. The molecule has 2 aromatic carbocycles. The van der Waals surface area contributed by atoms with E-state index >= 15 is 0 Å². The van der Waals surface area contributed by atoms with Crippen LogP contribution in [0.4, 0.5) is 15.8 Å². The molecule has 0 saturated heterocycles. The van der Waals surface area contributed by atoms with E-state index in [-0.39, 0.29) is 11.7 Å². The van der Waals surface area contributed by atoms with Crippen LogP contribution in [0.1, 0.15) is 15.9 Å². The number of nitrogens with zero attached hydrogens (tertiary/aromatic N) is 2. The Morgan fingerprint density at radius 2 is 1.96 bits per heavy atom. The molecule has 0 spiro atoms. The average Bonchev–Trinajstić information content (AvgIpc) is 2.56. The van der Waals surface area contributed by atoms with E-state index in [0.717, 1.165) is 16.9 Å². The maximum Gasteiger partial charge on any atom is 0.258 e. The highest BCUT2D eigenvalue weighted by molar-refractivity contribution is 6.09. The molecule has 0 radical (unpaired) electrons. The van der Waals surface area contributed by atoms with E-state index in [1.165, 1.54) is 12.1 Å². The van der Waals surface area contributed by atoms with E-state index in [9.17, 15) is 9.18 Å². The predicted octanol–water partition coefficient (Wildman–Crippen LogP) is 3.07. The molecule has 23 heavy (non-hydrogen) atoms. The monoisotopic (exact) mass is 314 g/mol. The molecule has 0 aromatic heterocycles. The van der Waals surface area contributed by atoms with Crippen molar-refractivity contribution in [3.63, 3.8) is 0 Å². The Labute approximate surface area is 135 Å². The van der Waals surface area contributed by atoms with Crippen LogP contribution in [-0.2, 0) is 11.3 Å². The van der Waals surface area contributed by atoms with Gasteiger partial charge >= 0.3 is 0 Å². The van der Waals surface area contributed by atoms with Crippen LogP contribution in [0, 0.1) is 5.82 Å². The molecule has 0 saturated carbocycles. The number of hydrogen-bond donors (Lipinski definition) is 0. The van der Waals surface area contributed by atoms with Crippen molar-refractivity contribution in [3.8, 4) is 0 Å². The number of carbonyl (C=O) groups is 1. The van der Waals surface area contributed by atoms with Crippen LogP contribution in [0.2, 0.25) is 0 Å². The minimum absolute atomic E-state index is 0.0846. The Morgan fingerprint density at radius 3 is 2.74 bits per heavy atom. The number of ether oxygens (including phenoxy) is 1. The van der Waals surface area contributed by atoms with Gasteiger partial charge in [-0.2, -0.15) is 0 Å². The normalized spacial score (nSPS) is 13.9. The first-order valence-corrected chi connectivity index (χ1v) is 7.51. The second-order valence-electron chi connectivity index (χ2n) is 5.60. The number of carbonyl (C=O) groups excluding carboxylic acids is 1. The van der Waals surface area contributed by atoms with Gasteiger partial charge in [0.2, 0.25) is 0 Å². The van der Waals surface area contributed by atoms with Crippen molar-refractivity contribution < 1.29 is 13.9 Å². The molecule has 1 aliphatic heterocycles. The molecule has 2 aromatic rings. The molecule has 0 bridgehead atoms. The number of amides is 1. The molecule has 0 unspecified atom stereocenters. The first-order valence-electron chi connectivity index (χ1n) is 7.51. The van der Waals surface area contributed by atoms with Crippen molar-refractivity contribution in [1.29, 1.82) is 0 Å². The number of methoxy groups -OCH3 is 1. The van der Waals surface area contributed by atoms with Gasteiger partial charge in [-0.3, -0.25) is 4.79 Å². The molecule has 4 nitrogen and oxygen atoms in total. The number of rotatable bonds is 3. The highest BCUT2D eigenvalue weighted by Crippen LogP contribution is 2.34. The summed E-state index contributed by atoms with van der Waals surface area (Å²) in [7, 11) is 3.51. The summed E-state index contributed by atoms with van der Waals surface area (Å²) < 4.78 is 18.7. The Balaban J connectivity index is 2.00. The van der Waals surface area contributed by atoms with Crippen LogP contribution in [0.15, 0.2) is 42.5 Å². The van der Waals surface area contributed by atoms with Crippen molar-refractivity contribution in [2.75, 3.05) is 37.0 Å². The number of benzene rings is 2. The van der Waals surface area contributed by atoms with Crippen LogP contribution in [0.3, 0.4) is 0 Å². The van der Waals surface area contributed by atoms with Crippen LogP contribution in [-0.4, -0.2) is 33.2 Å². The molecule has 0 atom stereocenters. The molecule has 3 rings (SSSR count). The average molecular weight is 314 g/mol. The van der Waals surface area contributed by atoms with Crippen molar-refractivity contribution in [3.05, 3.63) is 59.4 Å². The lowest BCUT2D eigenvalue weighted by Gasteiger charge is -2.36. The molecule has 1 aliphatic rings. The van der Waals surface area contributed by atoms with Gasteiger partial charge in [0.15, 0.2) is 0 Å². The van der Waals surface area contributed by atoms with Gasteiger partial charge in [0.25, 0.3) is 5.91 Å². The molecule has 5 heteroatoms. The minimum atomic E-state index is -0.301. The maximum atomic E-state index is 13.5. The van der Waals surface area contributed by atoms with Gasteiger partial charge in [-0.1, -0.05) is 18.2 Å². The molecular formula is C18H19FN2O2. The van der Waals surface area contributed by atoms with Gasteiger partial charge in [0, 0.05) is 32.8 Å². The number of hydrogen-bond acceptors (Lipinski definition) is 3. The minimum Gasteiger partial charge on any atom is -0.380 e. The third kappa shape index (κ3) is 2.92. The van der Waals surface area contributed by atoms with Gasteiger partial charge in [-0.25, -0.2) is 4.39 Å². The van der Waals surface area contributed by atoms with Crippen molar-refractivity contribution in [2.45, 2.75) is 6.61 Å². The second-order valence-corrected chi connectivity index (χ2v) is 5.60. The van der Waals surface area contributed by atoms with Gasteiger partial charge in [0.05, 0.1) is 18.0 Å². The smallest absolute Gasteiger partial charge is 0.258 e. The molecular weight excluding hydrogens is 295 g/mol. The van der Waals surface area contributed by atoms with Gasteiger partial charge < -0.3 is 14.5 Å². The number of anilines is 2. The summed E-state index contributed by atoms with van der Waals surface area (Å²) in [5.41, 5.74) is 2.93. The Bertz CT molecular complexity index is 733. The fraction of sp³-hybridized carbons (Fsp3) is 0.278. The van der Waals surface area contributed by atoms with Crippen LogP contribution >= 0.6 is 0 Å². The zero-order chi connectivity index (χ0) is 16.4. The van der Waals surface area contributed by atoms with E-state index in [4.69, 9.17) is 4.74 Å². The molecule has 0 aliphatic carbocycles. The molecule has 120 valence electrons. The van der Waals surface area contributed by atoms with E-state index in [0.29, 0.717) is 25.3 Å². The molecule has 1 heterocycles. The number of fused-ring (bicyclic) bond motifs is 1. The zero-order valence-corrected chi connectivity index (χ0v) is 13.3. The fourth-order valence-electron chi connectivity index (χ4n) is 2.89. The third-order valence-corrected chi connectivity index (χ3v) is 4.09. The fourth-order valence-corrected chi connectivity index (χ4v) is 2.89. The van der Waals surface area contributed by atoms with Crippen molar-refractivity contribution in [2.24, 2.45) is 0 Å². The quantitative estimate of drug-likeness (QED) is 0.873. The summed E-state index contributed by atoms with van der Waals surface area (Å²) in [6, 6.07) is 11.9. The third-order valence-electron chi connectivity index (χ3n) is 4.09. The summed E-state index contributed by atoms with van der Waals surface area (Å²) in [6.07, 6.45) is 0. The molecule has 0 N–H and O–H groups in total. The summed E-state index contributed by atoms with van der Waals surface area (Å²) in [6.45, 7) is 1.61. The van der Waals surface area contributed by atoms with E-state index in [1.807, 2.05) is 30.1 Å². The highest BCUT2D eigenvalue weighted by Gasteiger charge is 2.27. The largest absolute Gasteiger partial charge is 0.380 e. The number of halogens is 1. The summed E-state index contributed by atoms with van der Waals surface area (Å²) >= 11 is 0. The standard InChI is InChI=1S/C18H19FN2O2/c1-20-9-10-21(16-8-7-14(19)11-17(16)20)18(22)15-6-4-3-5-13(15)12-23-2/h3-8,11H,9-10,12H2,1-2H3. The summed E-state index contributed by atoms with van der Waals surface area (Å²) in [4.78, 5) is 16.7. The van der Waals surface area contributed by atoms with Crippen molar-refractivity contribution >= 4 is 17.3 Å². The van der Waals surface area contributed by atoms with E-state index in [2.05, 4.69) is 0 Å². The van der Waals surface area contributed by atoms with Gasteiger partial charge in [0.1, 0.15) is 5.82 Å². The van der Waals surface area contributed by atoms with Crippen molar-refractivity contribution in [1.82, 2.24) is 0 Å². The SMILES string of the molecule is COCc1ccccc1C(=O)N1CCN(C)c2cc(F)ccc21. The van der Waals surface area contributed by atoms with E-state index < -0.39 is 0 Å². The Hall–Kier alpha value is -2.40. The maximum absolute atomic E-state index is 13.5. The summed E-state index contributed by atoms with van der Waals surface area (Å²) in [5, 5.41) is 0. The lowest BCUT2D eigenvalue weighted by molar-refractivity contribution is 0.0982. The number of likely N-dealkylation sites (N-methyl/N-ethyl adjacent to an activating group) is 1. The molecule has 0 fully saturated rings. The topological polar surface area (TPSA) is 32.8 Å². The Morgan fingerprint density at radius 1 is 1.17 bits per heavy atom. The van der Waals surface area contributed by atoms with Crippen LogP contribution in [0.5, 0.6) is 0 Å².